The molecule has 1 aromatic carbocycles. The van der Waals surface area contributed by atoms with Gasteiger partial charge in [0, 0.05) is 30.4 Å². The van der Waals surface area contributed by atoms with Gasteiger partial charge in [-0.2, -0.15) is 4.98 Å². The van der Waals surface area contributed by atoms with Crippen LogP contribution in [0.3, 0.4) is 0 Å². The molecule has 0 aliphatic carbocycles. The van der Waals surface area contributed by atoms with E-state index >= 15 is 0 Å². The molecule has 1 heterocycles. The Balaban J connectivity index is 2.31. The van der Waals surface area contributed by atoms with Crippen LogP contribution in [-0.4, -0.2) is 23.6 Å². The third-order valence-electron chi connectivity index (χ3n) is 3.47. The summed E-state index contributed by atoms with van der Waals surface area (Å²) in [5, 5.41) is 3.93. The van der Waals surface area contributed by atoms with Crippen LogP contribution < -0.4 is 10.2 Å². The van der Waals surface area contributed by atoms with Crippen molar-refractivity contribution in [3.8, 4) is 0 Å². The molecule has 5 heteroatoms. The number of rotatable bonds is 5. The molecule has 1 atom stereocenters. The monoisotopic (exact) mass is 304 g/mol. The molecular weight excluding hydrogens is 284 g/mol. The van der Waals surface area contributed by atoms with Gasteiger partial charge in [0.1, 0.15) is 5.82 Å². The number of anilines is 2. The molecule has 21 heavy (non-hydrogen) atoms. The van der Waals surface area contributed by atoms with E-state index in [9.17, 15) is 0 Å². The van der Waals surface area contributed by atoms with E-state index < -0.39 is 0 Å². The van der Waals surface area contributed by atoms with Crippen molar-refractivity contribution in [1.29, 1.82) is 0 Å². The van der Waals surface area contributed by atoms with Crippen LogP contribution in [0, 0.1) is 6.92 Å². The quantitative estimate of drug-likeness (QED) is 0.904. The van der Waals surface area contributed by atoms with E-state index in [2.05, 4.69) is 27.1 Å². The zero-order valence-corrected chi connectivity index (χ0v) is 13.6. The van der Waals surface area contributed by atoms with Crippen LogP contribution in [0.2, 0.25) is 5.02 Å². The van der Waals surface area contributed by atoms with Crippen molar-refractivity contribution in [3.05, 3.63) is 46.6 Å². The fraction of sp³-hybridized carbons (Fsp3) is 0.375. The van der Waals surface area contributed by atoms with Crippen molar-refractivity contribution in [2.75, 3.05) is 23.8 Å². The summed E-state index contributed by atoms with van der Waals surface area (Å²) in [4.78, 5) is 11.0. The molecule has 0 saturated heterocycles. The first-order valence-corrected chi connectivity index (χ1v) is 7.47. The summed E-state index contributed by atoms with van der Waals surface area (Å²) in [6.45, 7) is 6.92. The predicted molar refractivity (Wildman–Crippen MR) is 89.2 cm³/mol. The largest absolute Gasteiger partial charge is 0.354 e. The number of benzene rings is 1. The zero-order chi connectivity index (χ0) is 15.4. The van der Waals surface area contributed by atoms with Gasteiger partial charge in [-0.05, 0) is 32.4 Å². The lowest BCUT2D eigenvalue weighted by atomic mass is 10.1. The van der Waals surface area contributed by atoms with E-state index in [1.165, 1.54) is 0 Å². The van der Waals surface area contributed by atoms with Gasteiger partial charge in [0.25, 0.3) is 0 Å². The Morgan fingerprint density at radius 2 is 2.00 bits per heavy atom. The molecule has 0 spiro atoms. The molecule has 0 saturated carbocycles. The van der Waals surface area contributed by atoms with Crippen LogP contribution in [-0.2, 0) is 0 Å². The number of hydrogen-bond donors (Lipinski definition) is 1. The average Bonchev–Trinajstić information content (AvgIpc) is 2.46. The SMILES string of the molecule is CCNc1nc(C)cc(N(C)C(C)c2ccccc2Cl)n1. The second kappa shape index (κ2) is 6.76. The lowest BCUT2D eigenvalue weighted by Crippen LogP contribution is -2.23. The van der Waals surface area contributed by atoms with E-state index in [0.717, 1.165) is 28.6 Å². The Kier molecular flexibility index (Phi) is 5.02. The van der Waals surface area contributed by atoms with Crippen molar-refractivity contribution < 1.29 is 0 Å². The Labute approximate surface area is 131 Å². The van der Waals surface area contributed by atoms with Gasteiger partial charge in [-0.15, -0.1) is 0 Å². The van der Waals surface area contributed by atoms with Gasteiger partial charge in [-0.25, -0.2) is 4.98 Å². The Hall–Kier alpha value is -1.81. The lowest BCUT2D eigenvalue weighted by molar-refractivity contribution is 0.726. The van der Waals surface area contributed by atoms with Gasteiger partial charge in [0.05, 0.1) is 6.04 Å². The fourth-order valence-electron chi connectivity index (χ4n) is 2.19. The van der Waals surface area contributed by atoms with Crippen LogP contribution in [0.1, 0.15) is 31.1 Å². The number of nitrogens with one attached hydrogen (secondary N) is 1. The van der Waals surface area contributed by atoms with E-state index in [4.69, 9.17) is 11.6 Å². The normalized spacial score (nSPS) is 12.0. The first-order chi connectivity index (χ1) is 10.0. The highest BCUT2D eigenvalue weighted by Crippen LogP contribution is 2.29. The van der Waals surface area contributed by atoms with Crippen molar-refractivity contribution in [2.45, 2.75) is 26.8 Å². The maximum Gasteiger partial charge on any atom is 0.224 e. The van der Waals surface area contributed by atoms with Crippen LogP contribution in [0.4, 0.5) is 11.8 Å². The van der Waals surface area contributed by atoms with Gasteiger partial charge >= 0.3 is 0 Å². The Morgan fingerprint density at radius 1 is 1.29 bits per heavy atom. The highest BCUT2D eigenvalue weighted by molar-refractivity contribution is 6.31. The first kappa shape index (κ1) is 15.6. The molecule has 0 radical (unpaired) electrons. The average molecular weight is 305 g/mol. The van der Waals surface area contributed by atoms with Gasteiger partial charge in [-0.3, -0.25) is 0 Å². The van der Waals surface area contributed by atoms with E-state index in [-0.39, 0.29) is 6.04 Å². The minimum Gasteiger partial charge on any atom is -0.354 e. The fourth-order valence-corrected chi connectivity index (χ4v) is 2.48. The van der Waals surface area contributed by atoms with Gasteiger partial charge < -0.3 is 10.2 Å². The van der Waals surface area contributed by atoms with Crippen LogP contribution in [0.25, 0.3) is 0 Å². The second-order valence-electron chi connectivity index (χ2n) is 5.03. The summed E-state index contributed by atoms with van der Waals surface area (Å²) in [7, 11) is 2.02. The highest BCUT2D eigenvalue weighted by Gasteiger charge is 2.17. The van der Waals surface area contributed by atoms with E-state index in [1.807, 2.05) is 51.2 Å². The first-order valence-electron chi connectivity index (χ1n) is 7.09. The maximum absolute atomic E-state index is 6.29. The van der Waals surface area contributed by atoms with Crippen molar-refractivity contribution in [2.24, 2.45) is 0 Å². The molecule has 1 unspecified atom stereocenters. The van der Waals surface area contributed by atoms with Crippen molar-refractivity contribution in [1.82, 2.24) is 9.97 Å². The van der Waals surface area contributed by atoms with Gasteiger partial charge in [-0.1, -0.05) is 29.8 Å². The molecule has 0 amide bonds. The van der Waals surface area contributed by atoms with Crippen molar-refractivity contribution >= 4 is 23.4 Å². The molecule has 2 aromatic rings. The summed E-state index contributed by atoms with van der Waals surface area (Å²) in [6, 6.07) is 10.0. The number of hydrogen-bond acceptors (Lipinski definition) is 4. The van der Waals surface area contributed by atoms with E-state index in [0.29, 0.717) is 5.95 Å². The zero-order valence-electron chi connectivity index (χ0n) is 12.9. The molecule has 0 fully saturated rings. The molecule has 4 nitrogen and oxygen atoms in total. The summed E-state index contributed by atoms with van der Waals surface area (Å²) in [5.74, 6) is 1.54. The minimum absolute atomic E-state index is 0.127. The molecule has 112 valence electrons. The topological polar surface area (TPSA) is 41.1 Å². The maximum atomic E-state index is 6.29. The lowest BCUT2D eigenvalue weighted by Gasteiger charge is -2.27. The number of aromatic nitrogens is 2. The smallest absolute Gasteiger partial charge is 0.224 e. The molecule has 1 N–H and O–H groups in total. The number of halogens is 1. The summed E-state index contributed by atoms with van der Waals surface area (Å²) >= 11 is 6.29. The molecule has 1 aromatic heterocycles. The predicted octanol–water partition coefficient (Wildman–Crippen LogP) is 4.07. The van der Waals surface area contributed by atoms with Crippen molar-refractivity contribution in [3.63, 3.8) is 0 Å². The standard InChI is InChI=1S/C16H21ClN4/c1-5-18-16-19-11(2)10-15(20-16)21(4)12(3)13-8-6-7-9-14(13)17/h6-10,12H,5H2,1-4H3,(H,18,19,20). The van der Waals surface area contributed by atoms with E-state index in [1.54, 1.807) is 0 Å². The third kappa shape index (κ3) is 3.64. The van der Waals surface area contributed by atoms with Gasteiger partial charge in [0.15, 0.2) is 0 Å². The number of nitrogens with zero attached hydrogens (tertiary/aromatic N) is 3. The minimum atomic E-state index is 0.127. The van der Waals surface area contributed by atoms with Crippen LogP contribution in [0.15, 0.2) is 30.3 Å². The van der Waals surface area contributed by atoms with Gasteiger partial charge in [0.2, 0.25) is 5.95 Å². The summed E-state index contributed by atoms with van der Waals surface area (Å²) in [6.07, 6.45) is 0. The summed E-state index contributed by atoms with van der Waals surface area (Å²) < 4.78 is 0. The van der Waals surface area contributed by atoms with Crippen LogP contribution >= 0.6 is 11.6 Å². The van der Waals surface area contributed by atoms with Crippen LogP contribution in [0.5, 0.6) is 0 Å². The molecular formula is C16H21ClN4. The number of aryl methyl sites for hydroxylation is 1. The summed E-state index contributed by atoms with van der Waals surface area (Å²) in [5.41, 5.74) is 2.03. The molecule has 0 aliphatic rings. The molecule has 2 rings (SSSR count). The Bertz CT molecular complexity index is 615. The molecule has 0 aliphatic heterocycles. The second-order valence-corrected chi connectivity index (χ2v) is 5.44. The Morgan fingerprint density at radius 3 is 2.67 bits per heavy atom. The molecule has 0 bridgehead atoms. The third-order valence-corrected chi connectivity index (χ3v) is 3.82. The highest BCUT2D eigenvalue weighted by atomic mass is 35.5.